The summed E-state index contributed by atoms with van der Waals surface area (Å²) in [6.45, 7) is 1.65. The quantitative estimate of drug-likeness (QED) is 0.894. The number of sulfonamides is 1. The van der Waals surface area contributed by atoms with Crippen LogP contribution >= 0.6 is 11.6 Å². The first kappa shape index (κ1) is 15.5. The van der Waals surface area contributed by atoms with Crippen LogP contribution in [0.1, 0.15) is 16.8 Å². The summed E-state index contributed by atoms with van der Waals surface area (Å²) < 4.78 is 24.5. The maximum atomic E-state index is 12.1. The molecule has 2 rings (SSSR count). The van der Waals surface area contributed by atoms with Crippen LogP contribution in [-0.4, -0.2) is 24.6 Å². The summed E-state index contributed by atoms with van der Waals surface area (Å²) in [5, 5.41) is 0.564. The van der Waals surface area contributed by atoms with E-state index in [4.69, 9.17) is 11.6 Å². The van der Waals surface area contributed by atoms with Gasteiger partial charge in [0.15, 0.2) is 0 Å². The van der Waals surface area contributed by atoms with Crippen molar-refractivity contribution >= 4 is 27.6 Å². The van der Waals surface area contributed by atoms with E-state index in [0.29, 0.717) is 22.7 Å². The number of aryl methyl sites for hydroxylation is 1. The number of aromatic amines is 1. The number of hydrogen-bond donors (Lipinski definition) is 2. The van der Waals surface area contributed by atoms with Crippen molar-refractivity contribution in [2.45, 2.75) is 13.3 Å². The van der Waals surface area contributed by atoms with E-state index in [9.17, 15) is 13.2 Å². The molecule has 8 heteroatoms. The summed E-state index contributed by atoms with van der Waals surface area (Å²) >= 11 is 6.07. The molecule has 21 heavy (non-hydrogen) atoms. The van der Waals surface area contributed by atoms with Gasteiger partial charge in [0.25, 0.3) is 5.56 Å². The van der Waals surface area contributed by atoms with Crippen LogP contribution < -0.4 is 10.3 Å². The van der Waals surface area contributed by atoms with Crippen LogP contribution in [-0.2, 0) is 16.4 Å². The van der Waals surface area contributed by atoms with Gasteiger partial charge in [-0.05, 0) is 18.6 Å². The molecule has 1 heterocycles. The maximum absolute atomic E-state index is 12.1. The lowest BCUT2D eigenvalue weighted by Crippen LogP contribution is -2.21. The van der Waals surface area contributed by atoms with Crippen LogP contribution in [0.5, 0.6) is 0 Å². The highest BCUT2D eigenvalue weighted by Gasteiger charge is 2.12. The second-order valence-electron chi connectivity index (χ2n) is 4.62. The number of benzene rings is 1. The Kier molecular flexibility index (Phi) is 4.34. The van der Waals surface area contributed by atoms with Crippen molar-refractivity contribution in [1.82, 2.24) is 9.97 Å². The zero-order valence-corrected chi connectivity index (χ0v) is 13.0. The van der Waals surface area contributed by atoms with Crippen molar-refractivity contribution < 1.29 is 8.42 Å². The Morgan fingerprint density at radius 1 is 1.33 bits per heavy atom. The number of rotatable bonds is 4. The number of H-pyrrole nitrogens is 1. The third-order valence-electron chi connectivity index (χ3n) is 2.83. The zero-order chi connectivity index (χ0) is 15.6. The third kappa shape index (κ3) is 4.05. The lowest BCUT2D eigenvalue weighted by atomic mass is 10.1. The lowest BCUT2D eigenvalue weighted by molar-refractivity contribution is 0.606. The Balaban J connectivity index is 2.39. The normalized spacial score (nSPS) is 11.4. The standard InChI is InChI=1S/C13H14ClN3O3S/c1-8-10(7-9-5-3-4-6-11(9)14)12(18)16-13(15-8)17-21(2,19)20/h3-6H,7H2,1-2H3,(H2,15,16,17,18). The van der Waals surface area contributed by atoms with Gasteiger partial charge in [0, 0.05) is 17.0 Å². The summed E-state index contributed by atoms with van der Waals surface area (Å²) in [4.78, 5) is 18.6. The minimum atomic E-state index is -3.49. The Bertz CT molecular complexity index is 831. The molecule has 2 aromatic rings. The Labute approximate surface area is 127 Å². The second-order valence-corrected chi connectivity index (χ2v) is 6.78. The molecule has 0 aliphatic rings. The number of anilines is 1. The fraction of sp³-hybridized carbons (Fsp3) is 0.231. The summed E-state index contributed by atoms with van der Waals surface area (Å²) in [5.74, 6) is -0.0945. The molecule has 0 bridgehead atoms. The molecule has 0 aliphatic heterocycles. The molecule has 0 aliphatic carbocycles. The number of hydrogen-bond acceptors (Lipinski definition) is 4. The van der Waals surface area contributed by atoms with Crippen molar-refractivity contribution in [3.05, 3.63) is 56.5 Å². The Hall–Kier alpha value is -1.86. The van der Waals surface area contributed by atoms with E-state index in [2.05, 4.69) is 14.7 Å². The molecule has 112 valence electrons. The molecule has 0 fully saturated rings. The predicted molar refractivity (Wildman–Crippen MR) is 82.3 cm³/mol. The third-order valence-corrected chi connectivity index (χ3v) is 3.76. The molecule has 6 nitrogen and oxygen atoms in total. The van der Waals surface area contributed by atoms with Gasteiger partial charge in [-0.1, -0.05) is 29.8 Å². The summed E-state index contributed by atoms with van der Waals surface area (Å²) in [6, 6.07) is 7.20. The SMILES string of the molecule is Cc1nc(NS(C)(=O)=O)[nH]c(=O)c1Cc1ccccc1Cl. The molecular formula is C13H14ClN3O3S. The minimum absolute atomic E-state index is 0.0945. The molecule has 0 saturated carbocycles. The lowest BCUT2D eigenvalue weighted by Gasteiger charge is -2.09. The van der Waals surface area contributed by atoms with E-state index in [1.165, 1.54) is 0 Å². The molecule has 0 atom stereocenters. The van der Waals surface area contributed by atoms with Crippen molar-refractivity contribution in [2.24, 2.45) is 0 Å². The van der Waals surface area contributed by atoms with Crippen molar-refractivity contribution in [1.29, 1.82) is 0 Å². The van der Waals surface area contributed by atoms with E-state index >= 15 is 0 Å². The van der Waals surface area contributed by atoms with E-state index in [0.717, 1.165) is 11.8 Å². The smallest absolute Gasteiger partial charge is 0.256 e. The predicted octanol–water partition coefficient (Wildman–Crippen LogP) is 1.69. The zero-order valence-electron chi connectivity index (χ0n) is 11.5. The van der Waals surface area contributed by atoms with Gasteiger partial charge < -0.3 is 0 Å². The maximum Gasteiger partial charge on any atom is 0.256 e. The van der Waals surface area contributed by atoms with Crippen LogP contribution in [0.4, 0.5) is 5.95 Å². The first-order valence-corrected chi connectivity index (χ1v) is 8.34. The van der Waals surface area contributed by atoms with E-state index in [-0.39, 0.29) is 5.95 Å². The summed E-state index contributed by atoms with van der Waals surface area (Å²) in [7, 11) is -3.49. The average molecular weight is 328 g/mol. The minimum Gasteiger partial charge on any atom is -0.292 e. The van der Waals surface area contributed by atoms with Crippen molar-refractivity contribution in [2.75, 3.05) is 11.0 Å². The van der Waals surface area contributed by atoms with Crippen molar-refractivity contribution in [3.63, 3.8) is 0 Å². The molecule has 0 radical (unpaired) electrons. The first-order valence-electron chi connectivity index (χ1n) is 6.07. The number of aromatic nitrogens is 2. The van der Waals surface area contributed by atoms with Crippen LogP contribution in [0.2, 0.25) is 5.02 Å². The highest BCUT2D eigenvalue weighted by atomic mass is 35.5. The van der Waals surface area contributed by atoms with Gasteiger partial charge in [-0.15, -0.1) is 0 Å². The van der Waals surface area contributed by atoms with E-state index in [1.807, 2.05) is 12.1 Å². The summed E-state index contributed by atoms with van der Waals surface area (Å²) in [5.41, 5.74) is 1.30. The molecule has 0 saturated heterocycles. The highest BCUT2D eigenvalue weighted by molar-refractivity contribution is 7.91. The van der Waals surface area contributed by atoms with Gasteiger partial charge in [0.1, 0.15) is 0 Å². The molecule has 1 aromatic carbocycles. The molecule has 1 aromatic heterocycles. The average Bonchev–Trinajstić information content (AvgIpc) is 2.33. The van der Waals surface area contributed by atoms with Gasteiger partial charge in [-0.25, -0.2) is 13.4 Å². The molecule has 0 unspecified atom stereocenters. The number of halogens is 1. The molecular weight excluding hydrogens is 314 g/mol. The Morgan fingerprint density at radius 3 is 2.57 bits per heavy atom. The summed E-state index contributed by atoms with van der Waals surface area (Å²) in [6.07, 6.45) is 1.31. The van der Waals surface area contributed by atoms with E-state index in [1.54, 1.807) is 19.1 Å². The van der Waals surface area contributed by atoms with Gasteiger partial charge in [-0.3, -0.25) is 14.5 Å². The topological polar surface area (TPSA) is 91.9 Å². The van der Waals surface area contributed by atoms with Crippen LogP contribution in [0.15, 0.2) is 29.1 Å². The first-order chi connectivity index (χ1) is 9.76. The van der Waals surface area contributed by atoms with Gasteiger partial charge >= 0.3 is 0 Å². The van der Waals surface area contributed by atoms with Gasteiger partial charge in [-0.2, -0.15) is 0 Å². The number of nitrogens with one attached hydrogen (secondary N) is 2. The fourth-order valence-electron chi connectivity index (χ4n) is 1.87. The van der Waals surface area contributed by atoms with Crippen LogP contribution in [0, 0.1) is 6.92 Å². The monoisotopic (exact) mass is 327 g/mol. The molecule has 0 amide bonds. The highest BCUT2D eigenvalue weighted by Crippen LogP contribution is 2.18. The van der Waals surface area contributed by atoms with E-state index < -0.39 is 15.6 Å². The number of nitrogens with zero attached hydrogens (tertiary/aromatic N) is 1. The fourth-order valence-corrected chi connectivity index (χ4v) is 2.53. The Morgan fingerprint density at radius 2 is 2.00 bits per heavy atom. The second kappa shape index (κ2) is 5.87. The van der Waals surface area contributed by atoms with Crippen molar-refractivity contribution in [3.8, 4) is 0 Å². The van der Waals surface area contributed by atoms with Gasteiger partial charge in [0.2, 0.25) is 16.0 Å². The molecule has 2 N–H and O–H groups in total. The molecule has 0 spiro atoms. The van der Waals surface area contributed by atoms with Crippen LogP contribution in [0.25, 0.3) is 0 Å². The largest absolute Gasteiger partial charge is 0.292 e. The van der Waals surface area contributed by atoms with Crippen LogP contribution in [0.3, 0.4) is 0 Å². The van der Waals surface area contributed by atoms with Gasteiger partial charge in [0.05, 0.1) is 11.9 Å².